The number of ether oxygens (including phenoxy) is 2. The highest BCUT2D eigenvalue weighted by molar-refractivity contribution is 5.86. The normalized spacial score (nSPS) is 10.7. The Kier molecular flexibility index (Phi) is 4.49. The Hall–Kier alpha value is -2.63. The van der Waals surface area contributed by atoms with Gasteiger partial charge in [0, 0.05) is 6.08 Å². The van der Waals surface area contributed by atoms with Crippen LogP contribution in [0, 0.1) is 0 Å². The molecule has 2 rings (SSSR count). The average molecular weight is 273 g/mol. The Balaban J connectivity index is 2.01. The first-order chi connectivity index (χ1) is 9.71. The van der Waals surface area contributed by atoms with Gasteiger partial charge in [-0.3, -0.25) is 0 Å². The predicted molar refractivity (Wildman–Crippen MR) is 73.2 cm³/mol. The maximum atomic E-state index is 11.0. The van der Waals surface area contributed by atoms with E-state index in [0.29, 0.717) is 12.2 Å². The van der Waals surface area contributed by atoms with E-state index < -0.39 is 5.97 Å². The van der Waals surface area contributed by atoms with Crippen LogP contribution in [0.15, 0.2) is 36.5 Å². The van der Waals surface area contributed by atoms with Gasteiger partial charge in [-0.1, -0.05) is 17.3 Å². The van der Waals surface area contributed by atoms with Crippen molar-refractivity contribution < 1.29 is 14.3 Å². The number of hydrogen-bond donors (Lipinski definition) is 0. The van der Waals surface area contributed by atoms with Crippen LogP contribution < -0.4 is 4.74 Å². The van der Waals surface area contributed by atoms with E-state index in [2.05, 4.69) is 15.0 Å². The van der Waals surface area contributed by atoms with Crippen molar-refractivity contribution in [1.82, 2.24) is 15.0 Å². The van der Waals surface area contributed by atoms with Crippen LogP contribution in [-0.4, -0.2) is 35.2 Å². The molecular weight excluding hydrogens is 258 g/mol. The average Bonchev–Trinajstić information content (AvgIpc) is 2.93. The molecule has 0 bridgehead atoms. The minimum absolute atomic E-state index is 0.422. The number of hydrogen-bond acceptors (Lipinski definition) is 5. The lowest BCUT2D eigenvalue weighted by atomic mass is 10.2. The topological polar surface area (TPSA) is 66.2 Å². The molecule has 0 N–H and O–H groups in total. The molecule has 0 aliphatic rings. The molecule has 1 heterocycles. The fraction of sp³-hybridized carbons (Fsp3) is 0.214. The second-order valence-electron chi connectivity index (χ2n) is 4.05. The van der Waals surface area contributed by atoms with Gasteiger partial charge in [-0.05, 0) is 23.8 Å². The maximum Gasteiger partial charge on any atom is 0.330 e. The number of carbonyl (C=O) groups is 1. The summed E-state index contributed by atoms with van der Waals surface area (Å²) < 4.78 is 11.3. The fourth-order valence-corrected chi connectivity index (χ4v) is 1.61. The number of aromatic nitrogens is 3. The van der Waals surface area contributed by atoms with Crippen LogP contribution >= 0.6 is 0 Å². The van der Waals surface area contributed by atoms with Crippen molar-refractivity contribution in [2.75, 3.05) is 14.2 Å². The van der Waals surface area contributed by atoms with Gasteiger partial charge < -0.3 is 9.47 Å². The summed E-state index contributed by atoms with van der Waals surface area (Å²) in [5.41, 5.74) is 1.68. The minimum Gasteiger partial charge on any atom is -0.497 e. The van der Waals surface area contributed by atoms with Crippen molar-refractivity contribution in [3.8, 4) is 5.75 Å². The van der Waals surface area contributed by atoms with E-state index in [1.165, 1.54) is 13.2 Å². The molecule has 104 valence electrons. The van der Waals surface area contributed by atoms with Gasteiger partial charge in [-0.2, -0.15) is 0 Å². The molecule has 6 heteroatoms. The molecule has 0 saturated heterocycles. The molecule has 6 nitrogen and oxygen atoms in total. The van der Waals surface area contributed by atoms with Crippen molar-refractivity contribution in [1.29, 1.82) is 0 Å². The van der Waals surface area contributed by atoms with E-state index in [-0.39, 0.29) is 0 Å². The number of esters is 1. The maximum absolute atomic E-state index is 11.0. The molecule has 0 fully saturated rings. The molecule has 0 saturated carbocycles. The van der Waals surface area contributed by atoms with Gasteiger partial charge in [-0.25, -0.2) is 9.48 Å². The van der Waals surface area contributed by atoms with E-state index in [1.807, 2.05) is 24.3 Å². The molecule has 1 aromatic carbocycles. The predicted octanol–water partition coefficient (Wildman–Crippen LogP) is 1.52. The molecule has 1 aromatic heterocycles. The second kappa shape index (κ2) is 6.51. The Bertz CT molecular complexity index is 602. The number of rotatable bonds is 5. The zero-order valence-electron chi connectivity index (χ0n) is 11.3. The second-order valence-corrected chi connectivity index (χ2v) is 4.05. The number of nitrogens with zero attached hydrogens (tertiary/aromatic N) is 3. The molecule has 2 aromatic rings. The lowest BCUT2D eigenvalue weighted by Gasteiger charge is -2.02. The first kappa shape index (κ1) is 13.8. The number of carbonyl (C=O) groups excluding carboxylic acids is 1. The third-order valence-electron chi connectivity index (χ3n) is 2.65. The summed E-state index contributed by atoms with van der Waals surface area (Å²) in [5, 5.41) is 7.94. The summed E-state index contributed by atoms with van der Waals surface area (Å²) in [6, 6.07) is 7.71. The zero-order chi connectivity index (χ0) is 14.4. The van der Waals surface area contributed by atoms with Gasteiger partial charge in [0.15, 0.2) is 0 Å². The zero-order valence-corrected chi connectivity index (χ0v) is 11.3. The molecule has 0 spiro atoms. The molecule has 20 heavy (non-hydrogen) atoms. The van der Waals surface area contributed by atoms with Gasteiger partial charge in [-0.15, -0.1) is 5.10 Å². The summed E-state index contributed by atoms with van der Waals surface area (Å²) in [5.74, 6) is 0.392. The molecule has 0 atom stereocenters. The van der Waals surface area contributed by atoms with Crippen LogP contribution in [0.2, 0.25) is 0 Å². The van der Waals surface area contributed by atoms with E-state index in [4.69, 9.17) is 4.74 Å². The summed E-state index contributed by atoms with van der Waals surface area (Å²) in [7, 11) is 2.96. The van der Waals surface area contributed by atoms with E-state index in [1.54, 1.807) is 24.1 Å². The summed E-state index contributed by atoms with van der Waals surface area (Å²) in [6.45, 7) is 0.600. The first-order valence-electron chi connectivity index (χ1n) is 6.00. The van der Waals surface area contributed by atoms with Gasteiger partial charge in [0.1, 0.15) is 11.4 Å². The molecule has 0 aliphatic heterocycles. The van der Waals surface area contributed by atoms with Crippen LogP contribution in [0.1, 0.15) is 11.3 Å². The molecular formula is C14H15N3O3. The highest BCUT2D eigenvalue weighted by Gasteiger charge is 2.01. The Morgan fingerprint density at radius 2 is 2.05 bits per heavy atom. The SMILES string of the molecule is COC(=O)C=Cc1cn(Cc2ccc(OC)cc2)nn1. The summed E-state index contributed by atoms with van der Waals surface area (Å²) in [6.07, 6.45) is 4.62. The number of methoxy groups -OCH3 is 2. The Morgan fingerprint density at radius 3 is 2.70 bits per heavy atom. The van der Waals surface area contributed by atoms with Crippen molar-refractivity contribution in [2.24, 2.45) is 0 Å². The largest absolute Gasteiger partial charge is 0.497 e. The van der Waals surface area contributed by atoms with Crippen LogP contribution in [0.5, 0.6) is 5.75 Å². The Morgan fingerprint density at radius 1 is 1.30 bits per heavy atom. The van der Waals surface area contributed by atoms with Gasteiger partial charge >= 0.3 is 5.97 Å². The monoisotopic (exact) mass is 273 g/mol. The van der Waals surface area contributed by atoms with Crippen LogP contribution in [0.25, 0.3) is 6.08 Å². The lowest BCUT2D eigenvalue weighted by Crippen LogP contribution is -2.00. The van der Waals surface area contributed by atoms with Crippen molar-refractivity contribution in [2.45, 2.75) is 6.54 Å². The van der Waals surface area contributed by atoms with E-state index in [0.717, 1.165) is 11.3 Å². The fourth-order valence-electron chi connectivity index (χ4n) is 1.61. The summed E-state index contributed by atoms with van der Waals surface area (Å²) in [4.78, 5) is 11.0. The quantitative estimate of drug-likeness (QED) is 0.610. The standard InChI is InChI=1S/C14H15N3O3/c1-19-13-6-3-11(4-7-13)9-17-10-12(15-16-17)5-8-14(18)20-2/h3-8,10H,9H2,1-2H3. The summed E-state index contributed by atoms with van der Waals surface area (Å²) >= 11 is 0. The van der Waals surface area contributed by atoms with Crippen LogP contribution in [0.4, 0.5) is 0 Å². The third kappa shape index (κ3) is 3.68. The van der Waals surface area contributed by atoms with Crippen molar-refractivity contribution >= 4 is 12.0 Å². The van der Waals surface area contributed by atoms with Crippen LogP contribution in [0.3, 0.4) is 0 Å². The van der Waals surface area contributed by atoms with Crippen molar-refractivity contribution in [3.05, 3.63) is 47.8 Å². The smallest absolute Gasteiger partial charge is 0.330 e. The minimum atomic E-state index is -0.422. The Labute approximate surface area is 116 Å². The van der Waals surface area contributed by atoms with E-state index >= 15 is 0 Å². The van der Waals surface area contributed by atoms with E-state index in [9.17, 15) is 4.79 Å². The first-order valence-corrected chi connectivity index (χ1v) is 6.00. The van der Waals surface area contributed by atoms with Gasteiger partial charge in [0.05, 0.1) is 27.0 Å². The lowest BCUT2D eigenvalue weighted by molar-refractivity contribution is -0.134. The molecule has 0 aliphatic carbocycles. The highest BCUT2D eigenvalue weighted by Crippen LogP contribution is 2.12. The number of benzene rings is 1. The third-order valence-corrected chi connectivity index (χ3v) is 2.65. The van der Waals surface area contributed by atoms with Gasteiger partial charge in [0.25, 0.3) is 0 Å². The molecule has 0 radical (unpaired) electrons. The van der Waals surface area contributed by atoms with Crippen molar-refractivity contribution in [3.63, 3.8) is 0 Å². The van der Waals surface area contributed by atoms with Crippen LogP contribution in [-0.2, 0) is 16.1 Å². The molecule has 0 unspecified atom stereocenters. The highest BCUT2D eigenvalue weighted by atomic mass is 16.5. The van der Waals surface area contributed by atoms with Gasteiger partial charge in [0.2, 0.25) is 0 Å². The molecule has 0 amide bonds.